The summed E-state index contributed by atoms with van der Waals surface area (Å²) in [5, 5.41) is 13.2. The van der Waals surface area contributed by atoms with Crippen LogP contribution in [-0.2, 0) is 17.9 Å². The van der Waals surface area contributed by atoms with E-state index in [1.165, 1.54) is 22.6 Å². The summed E-state index contributed by atoms with van der Waals surface area (Å²) in [5.74, 6) is -2.35. The normalized spacial score (nSPS) is 12.8. The molecule has 1 aliphatic rings. The van der Waals surface area contributed by atoms with Gasteiger partial charge in [-0.05, 0) is 24.6 Å². The molecule has 2 N–H and O–H groups in total. The molecular formula is C19H19Cl2N3O5. The largest absolute Gasteiger partial charge is 0.503 e. The number of ketones is 1. The maximum Gasteiger partial charge on any atom is 0.274 e. The number of aromatic hydroxyl groups is 1. The first-order valence-corrected chi connectivity index (χ1v) is 8.93. The predicted molar refractivity (Wildman–Crippen MR) is 109 cm³/mol. The fourth-order valence-corrected chi connectivity index (χ4v) is 3.21. The number of pyridine rings is 1. The molecule has 154 valence electrons. The number of hydrogen-bond donors (Lipinski definition) is 2. The third-order valence-corrected chi connectivity index (χ3v) is 4.60. The van der Waals surface area contributed by atoms with Crippen LogP contribution in [0.1, 0.15) is 33.3 Å². The van der Waals surface area contributed by atoms with Crippen molar-refractivity contribution in [2.24, 2.45) is 0 Å². The molecule has 1 aliphatic heterocycles. The van der Waals surface area contributed by atoms with Crippen LogP contribution < -0.4 is 10.7 Å². The number of aromatic nitrogens is 1. The molecular weight excluding hydrogens is 421 g/mol. The van der Waals surface area contributed by atoms with Gasteiger partial charge in [0, 0.05) is 30.9 Å². The van der Waals surface area contributed by atoms with Crippen molar-refractivity contribution in [3.05, 3.63) is 62.5 Å². The van der Waals surface area contributed by atoms with Gasteiger partial charge in [0.25, 0.3) is 11.8 Å². The van der Waals surface area contributed by atoms with E-state index in [2.05, 4.69) is 5.32 Å². The number of amides is 2. The van der Waals surface area contributed by atoms with Gasteiger partial charge in [-0.2, -0.15) is 0 Å². The monoisotopic (exact) mass is 439 g/mol. The Morgan fingerprint density at radius 3 is 2.62 bits per heavy atom. The highest BCUT2D eigenvalue weighted by molar-refractivity contribution is 6.30. The lowest BCUT2D eigenvalue weighted by atomic mass is 10.1. The van der Waals surface area contributed by atoms with Gasteiger partial charge in [-0.15, -0.1) is 12.4 Å². The Hall–Kier alpha value is -2.84. The molecule has 2 heterocycles. The summed E-state index contributed by atoms with van der Waals surface area (Å²) in [6.45, 7) is 1.96. The minimum absolute atomic E-state index is 0. The van der Waals surface area contributed by atoms with Crippen molar-refractivity contribution in [3.8, 4) is 5.75 Å². The Labute approximate surface area is 177 Å². The first-order valence-electron chi connectivity index (χ1n) is 8.55. The number of nitrogens with one attached hydrogen (secondary N) is 1. The second kappa shape index (κ2) is 9.11. The molecule has 0 saturated heterocycles. The van der Waals surface area contributed by atoms with Crippen molar-refractivity contribution in [1.82, 2.24) is 14.8 Å². The van der Waals surface area contributed by atoms with Gasteiger partial charge in [0.1, 0.15) is 11.3 Å². The average molecular weight is 440 g/mol. The minimum Gasteiger partial charge on any atom is -0.503 e. The lowest BCUT2D eigenvalue weighted by Crippen LogP contribution is -2.42. The molecule has 0 bridgehead atoms. The van der Waals surface area contributed by atoms with E-state index in [0.29, 0.717) is 18.1 Å². The van der Waals surface area contributed by atoms with Gasteiger partial charge in [-0.25, -0.2) is 0 Å². The predicted octanol–water partition coefficient (Wildman–Crippen LogP) is 1.60. The molecule has 0 unspecified atom stereocenters. The van der Waals surface area contributed by atoms with Crippen molar-refractivity contribution in [2.75, 3.05) is 13.1 Å². The van der Waals surface area contributed by atoms with E-state index >= 15 is 0 Å². The van der Waals surface area contributed by atoms with E-state index in [4.69, 9.17) is 11.6 Å². The van der Waals surface area contributed by atoms with E-state index in [1.807, 2.05) is 6.07 Å². The van der Waals surface area contributed by atoms with Crippen LogP contribution in [0.4, 0.5) is 0 Å². The fourth-order valence-electron chi connectivity index (χ4n) is 3.00. The zero-order valence-electron chi connectivity index (χ0n) is 15.5. The van der Waals surface area contributed by atoms with Crippen LogP contribution in [0.25, 0.3) is 0 Å². The Morgan fingerprint density at radius 2 is 1.97 bits per heavy atom. The Morgan fingerprint density at radius 1 is 1.24 bits per heavy atom. The summed E-state index contributed by atoms with van der Waals surface area (Å²) in [6, 6.07) is 7.05. The summed E-state index contributed by atoms with van der Waals surface area (Å²) in [5.41, 5.74) is -0.624. The zero-order chi connectivity index (χ0) is 20.4. The summed E-state index contributed by atoms with van der Waals surface area (Å²) in [7, 11) is 0. The lowest BCUT2D eigenvalue weighted by molar-refractivity contribution is -0.116. The molecule has 0 atom stereocenters. The van der Waals surface area contributed by atoms with Crippen LogP contribution in [0.5, 0.6) is 5.75 Å². The second-order valence-electron chi connectivity index (χ2n) is 6.50. The van der Waals surface area contributed by atoms with Crippen molar-refractivity contribution in [1.29, 1.82) is 0 Å². The first-order chi connectivity index (χ1) is 13.3. The van der Waals surface area contributed by atoms with Crippen LogP contribution in [0, 0.1) is 0 Å². The molecule has 29 heavy (non-hydrogen) atoms. The Bertz CT molecular complexity index is 1030. The van der Waals surface area contributed by atoms with Gasteiger partial charge >= 0.3 is 0 Å². The molecule has 2 aromatic rings. The van der Waals surface area contributed by atoms with Crippen molar-refractivity contribution in [3.63, 3.8) is 0 Å². The maximum atomic E-state index is 12.8. The molecule has 0 spiro atoms. The lowest BCUT2D eigenvalue weighted by Gasteiger charge is -2.30. The van der Waals surface area contributed by atoms with E-state index < -0.39 is 23.0 Å². The number of Topliss-reactive ketones (excluding diaryl/α,β-unsaturated/α-hetero) is 1. The molecule has 0 saturated carbocycles. The van der Waals surface area contributed by atoms with Gasteiger partial charge in [0.2, 0.25) is 5.43 Å². The van der Waals surface area contributed by atoms with E-state index in [0.717, 1.165) is 5.56 Å². The molecule has 0 aliphatic carbocycles. The molecule has 1 aromatic heterocycles. The quantitative estimate of drug-likeness (QED) is 0.735. The van der Waals surface area contributed by atoms with Gasteiger partial charge in [0.05, 0.1) is 6.54 Å². The Balaban J connectivity index is 0.00000300. The number of carbonyl (C=O) groups excluding carboxylic acids is 3. The van der Waals surface area contributed by atoms with Crippen LogP contribution in [0.3, 0.4) is 0 Å². The van der Waals surface area contributed by atoms with E-state index in [-0.39, 0.29) is 42.5 Å². The van der Waals surface area contributed by atoms with Gasteiger partial charge in [-0.3, -0.25) is 19.2 Å². The molecule has 0 radical (unpaired) electrons. The van der Waals surface area contributed by atoms with Crippen LogP contribution >= 0.6 is 24.0 Å². The number of rotatable bonds is 5. The maximum absolute atomic E-state index is 12.8. The summed E-state index contributed by atoms with van der Waals surface area (Å²) in [4.78, 5) is 49.8. The number of fused-ring (bicyclic) bond motifs is 1. The highest BCUT2D eigenvalue weighted by atomic mass is 35.5. The molecule has 0 fully saturated rings. The van der Waals surface area contributed by atoms with Crippen molar-refractivity contribution in [2.45, 2.75) is 20.0 Å². The zero-order valence-corrected chi connectivity index (χ0v) is 17.0. The molecule has 3 rings (SSSR count). The number of carbonyl (C=O) groups is 3. The van der Waals surface area contributed by atoms with Gasteiger partial charge in [-0.1, -0.05) is 23.7 Å². The van der Waals surface area contributed by atoms with Gasteiger partial charge in [0.15, 0.2) is 11.4 Å². The minimum atomic E-state index is -0.953. The van der Waals surface area contributed by atoms with Crippen LogP contribution in [0.2, 0.25) is 5.02 Å². The standard InChI is InChI=1S/C19H18ClN3O5.ClH/c1-11(24)8-21-18(27)14-10-22-5-6-23(9-12-3-2-4-13(20)7-12)19(28)15(22)17(26)16(14)25;/h2-4,7,10,26H,5-6,8-9H2,1H3,(H,21,27);1H. The summed E-state index contributed by atoms with van der Waals surface area (Å²) < 4.78 is 1.39. The first kappa shape index (κ1) is 22.4. The van der Waals surface area contributed by atoms with E-state index in [1.54, 1.807) is 18.2 Å². The van der Waals surface area contributed by atoms with Gasteiger partial charge < -0.3 is 19.9 Å². The second-order valence-corrected chi connectivity index (χ2v) is 6.94. The summed E-state index contributed by atoms with van der Waals surface area (Å²) >= 11 is 5.97. The van der Waals surface area contributed by atoms with Crippen LogP contribution in [0.15, 0.2) is 35.3 Å². The average Bonchev–Trinajstić information content (AvgIpc) is 2.64. The van der Waals surface area contributed by atoms with Crippen molar-refractivity contribution < 1.29 is 19.5 Å². The van der Waals surface area contributed by atoms with Crippen molar-refractivity contribution >= 4 is 41.6 Å². The number of nitrogens with zero attached hydrogens (tertiary/aromatic N) is 2. The topological polar surface area (TPSA) is 109 Å². The number of hydrogen-bond acceptors (Lipinski definition) is 5. The highest BCUT2D eigenvalue weighted by Crippen LogP contribution is 2.22. The Kier molecular flexibility index (Phi) is 7.05. The molecule has 2 amide bonds. The number of halogens is 2. The van der Waals surface area contributed by atoms with Crippen LogP contribution in [-0.4, -0.2) is 45.3 Å². The molecule has 1 aromatic carbocycles. The van der Waals surface area contributed by atoms with E-state index in [9.17, 15) is 24.3 Å². The third kappa shape index (κ3) is 4.78. The smallest absolute Gasteiger partial charge is 0.274 e. The molecule has 8 nitrogen and oxygen atoms in total. The number of benzene rings is 1. The highest BCUT2D eigenvalue weighted by Gasteiger charge is 2.30. The fraction of sp³-hybridized carbons (Fsp3) is 0.263. The summed E-state index contributed by atoms with van der Waals surface area (Å²) in [6.07, 6.45) is 1.24. The molecule has 10 heteroatoms. The third-order valence-electron chi connectivity index (χ3n) is 4.36. The SMILES string of the molecule is CC(=O)CNC(=O)c1cn2c(c(O)c1=O)C(=O)N(Cc1cccc(Cl)c1)CC2.Cl.